The third kappa shape index (κ3) is 7.51. The topological polar surface area (TPSA) is 73.7 Å². The number of carboxylic acid groups (broad SMARTS) is 1. The molecule has 0 unspecified atom stereocenters. The summed E-state index contributed by atoms with van der Waals surface area (Å²) in [6.07, 6.45) is 2.26. The Labute approximate surface area is 228 Å². The van der Waals surface area contributed by atoms with E-state index in [2.05, 4.69) is 34.0 Å². The summed E-state index contributed by atoms with van der Waals surface area (Å²) in [5.41, 5.74) is 2.91. The Morgan fingerprint density at radius 2 is 2.06 bits per heavy atom. The molecule has 186 valence electrons. The lowest BCUT2D eigenvalue weighted by molar-refractivity contribution is 0.0349. The monoisotopic (exact) mass is 557 g/mol. The fourth-order valence-corrected chi connectivity index (χ4v) is 6.57. The highest BCUT2D eigenvalue weighted by Crippen LogP contribution is 2.29. The molecule has 1 saturated heterocycles. The first kappa shape index (κ1) is 26.6. The van der Waals surface area contributed by atoms with Gasteiger partial charge in [0.1, 0.15) is 10.6 Å². The van der Waals surface area contributed by atoms with Gasteiger partial charge in [0.15, 0.2) is 0 Å². The lowest BCUT2D eigenvalue weighted by atomic mass is 10.1. The first-order chi connectivity index (χ1) is 17.5. The zero-order valence-electron chi connectivity index (χ0n) is 19.4. The average molecular weight is 558 g/mol. The molecule has 2 aromatic heterocycles. The third-order valence-electron chi connectivity index (χ3n) is 5.34. The molecule has 0 atom stereocenters. The normalized spacial score (nSPS) is 13.9. The number of aromatic nitrogens is 1. The van der Waals surface area contributed by atoms with E-state index < -0.39 is 5.97 Å². The van der Waals surface area contributed by atoms with Crippen molar-refractivity contribution in [1.82, 2.24) is 15.0 Å². The fraction of sp³-hybridized carbons (Fsp3) is 0.269. The number of pyridine rings is 1. The van der Waals surface area contributed by atoms with E-state index in [9.17, 15) is 14.7 Å². The summed E-state index contributed by atoms with van der Waals surface area (Å²) in [5, 5.41) is 13.5. The van der Waals surface area contributed by atoms with Crippen LogP contribution in [-0.4, -0.2) is 62.5 Å². The Kier molecular flexibility index (Phi) is 9.73. The van der Waals surface area contributed by atoms with E-state index in [-0.39, 0.29) is 10.1 Å². The zero-order valence-corrected chi connectivity index (χ0v) is 22.6. The zero-order chi connectivity index (χ0) is 25.3. The van der Waals surface area contributed by atoms with E-state index in [1.54, 1.807) is 11.2 Å². The summed E-state index contributed by atoms with van der Waals surface area (Å²) in [6.45, 7) is 2.04. The number of hydrogen-bond acceptors (Lipinski definition) is 7. The van der Waals surface area contributed by atoms with Crippen molar-refractivity contribution in [2.24, 2.45) is 0 Å². The molecule has 1 amide bonds. The molecule has 1 aliphatic rings. The van der Waals surface area contributed by atoms with Crippen molar-refractivity contribution >= 4 is 57.7 Å². The molecule has 1 aliphatic heterocycles. The SMILES string of the molecule is O=C(O)c1cc(Cl)c(CCN2C(=O)SCCN2CCSCc2cccc(C#Cc3ccccn3)c2)s1. The number of benzene rings is 1. The maximum atomic E-state index is 12.6. The number of amides is 1. The number of carbonyl (C=O) groups excluding carboxylic acids is 1. The van der Waals surface area contributed by atoms with Crippen molar-refractivity contribution in [3.05, 3.63) is 86.3 Å². The molecule has 4 rings (SSSR count). The average Bonchev–Trinajstić information content (AvgIpc) is 3.26. The summed E-state index contributed by atoms with van der Waals surface area (Å²) in [7, 11) is 0. The van der Waals surface area contributed by atoms with Crippen LogP contribution in [-0.2, 0) is 12.2 Å². The quantitative estimate of drug-likeness (QED) is 0.265. The van der Waals surface area contributed by atoms with Crippen molar-refractivity contribution in [3.63, 3.8) is 0 Å². The second kappa shape index (κ2) is 13.2. The molecule has 1 aromatic carbocycles. The molecule has 3 aromatic rings. The number of carboxylic acids is 1. The van der Waals surface area contributed by atoms with Crippen molar-refractivity contribution in [3.8, 4) is 11.8 Å². The molecular formula is C26H24ClN3O3S3. The first-order valence-electron chi connectivity index (χ1n) is 11.3. The van der Waals surface area contributed by atoms with E-state index in [0.717, 1.165) is 46.5 Å². The summed E-state index contributed by atoms with van der Waals surface area (Å²) in [6, 6.07) is 15.4. The summed E-state index contributed by atoms with van der Waals surface area (Å²) in [5.74, 6) is 7.78. The maximum Gasteiger partial charge on any atom is 0.345 e. The van der Waals surface area contributed by atoms with E-state index in [1.807, 2.05) is 42.1 Å². The van der Waals surface area contributed by atoms with Gasteiger partial charge in [-0.3, -0.25) is 9.80 Å². The molecule has 0 aliphatic carbocycles. The number of aromatic carboxylic acids is 1. The smallest absolute Gasteiger partial charge is 0.345 e. The predicted molar refractivity (Wildman–Crippen MR) is 149 cm³/mol. The molecule has 1 fully saturated rings. The summed E-state index contributed by atoms with van der Waals surface area (Å²) >= 11 is 10.5. The Balaban J connectivity index is 1.28. The number of hydrazine groups is 1. The van der Waals surface area contributed by atoms with Crippen molar-refractivity contribution in [2.75, 3.05) is 31.1 Å². The summed E-state index contributed by atoms with van der Waals surface area (Å²) < 4.78 is 0. The van der Waals surface area contributed by atoms with E-state index in [4.69, 9.17) is 11.6 Å². The Bertz CT molecular complexity index is 1270. The van der Waals surface area contributed by atoms with Crippen LogP contribution < -0.4 is 0 Å². The van der Waals surface area contributed by atoms with Gasteiger partial charge in [-0.1, -0.05) is 47.5 Å². The van der Waals surface area contributed by atoms with Crippen LogP contribution in [0.2, 0.25) is 5.02 Å². The molecular weight excluding hydrogens is 534 g/mol. The third-order valence-corrected chi connectivity index (χ3v) is 8.82. The minimum absolute atomic E-state index is 0.0246. The number of hydrogen-bond donors (Lipinski definition) is 1. The highest BCUT2D eigenvalue weighted by molar-refractivity contribution is 8.13. The van der Waals surface area contributed by atoms with Gasteiger partial charge in [-0.05, 0) is 41.8 Å². The minimum Gasteiger partial charge on any atom is -0.477 e. The number of thiophene rings is 1. The van der Waals surface area contributed by atoms with Crippen LogP contribution in [0.1, 0.15) is 31.4 Å². The van der Waals surface area contributed by atoms with Crippen LogP contribution in [0.25, 0.3) is 0 Å². The summed E-state index contributed by atoms with van der Waals surface area (Å²) in [4.78, 5) is 29.0. The Morgan fingerprint density at radius 1 is 1.17 bits per heavy atom. The van der Waals surface area contributed by atoms with Gasteiger partial charge >= 0.3 is 5.97 Å². The maximum absolute atomic E-state index is 12.6. The number of nitrogens with zero attached hydrogens (tertiary/aromatic N) is 3. The molecule has 1 N–H and O–H groups in total. The van der Waals surface area contributed by atoms with Crippen LogP contribution >= 0.6 is 46.5 Å². The lowest BCUT2D eigenvalue weighted by Gasteiger charge is -2.37. The van der Waals surface area contributed by atoms with Crippen molar-refractivity contribution < 1.29 is 14.7 Å². The van der Waals surface area contributed by atoms with Gasteiger partial charge in [0.2, 0.25) is 0 Å². The second-order valence-electron chi connectivity index (χ2n) is 7.85. The largest absolute Gasteiger partial charge is 0.477 e. The van der Waals surface area contributed by atoms with Gasteiger partial charge in [0.05, 0.1) is 5.02 Å². The molecule has 0 spiro atoms. The fourth-order valence-electron chi connectivity index (χ4n) is 3.58. The highest BCUT2D eigenvalue weighted by Gasteiger charge is 2.26. The Hall–Kier alpha value is -2.48. The first-order valence-corrected chi connectivity index (χ1v) is 14.6. The molecule has 10 heteroatoms. The van der Waals surface area contributed by atoms with Gasteiger partial charge in [-0.2, -0.15) is 11.8 Å². The van der Waals surface area contributed by atoms with Gasteiger partial charge in [0.25, 0.3) is 5.24 Å². The van der Waals surface area contributed by atoms with Crippen LogP contribution in [0.4, 0.5) is 4.79 Å². The van der Waals surface area contributed by atoms with E-state index >= 15 is 0 Å². The van der Waals surface area contributed by atoms with Crippen LogP contribution in [0.5, 0.6) is 0 Å². The van der Waals surface area contributed by atoms with E-state index in [0.29, 0.717) is 18.0 Å². The second-order valence-corrected chi connectivity index (χ2v) is 11.5. The van der Waals surface area contributed by atoms with Gasteiger partial charge in [-0.25, -0.2) is 14.8 Å². The molecule has 3 heterocycles. The molecule has 6 nitrogen and oxygen atoms in total. The molecule has 0 bridgehead atoms. The molecule has 36 heavy (non-hydrogen) atoms. The molecule has 0 radical (unpaired) electrons. The van der Waals surface area contributed by atoms with E-state index in [1.165, 1.54) is 34.7 Å². The molecule has 0 saturated carbocycles. The van der Waals surface area contributed by atoms with Gasteiger partial charge in [-0.15, -0.1) is 11.3 Å². The van der Waals surface area contributed by atoms with Gasteiger partial charge in [0, 0.05) is 60.0 Å². The Morgan fingerprint density at radius 3 is 2.83 bits per heavy atom. The number of carbonyl (C=O) groups is 2. The van der Waals surface area contributed by atoms with Gasteiger partial charge < -0.3 is 5.11 Å². The van der Waals surface area contributed by atoms with Crippen LogP contribution in [0.3, 0.4) is 0 Å². The standard InChI is InChI=1S/C26H24ClN3O3S3/c27-22-17-24(25(31)32)36-23(22)9-11-30-26(33)35-15-13-29(30)12-14-34-18-20-5-3-4-19(16-20)7-8-21-6-1-2-10-28-21/h1-6,10,16-17H,9,11-15,18H2,(H,31,32). The predicted octanol–water partition coefficient (Wildman–Crippen LogP) is 5.76. The van der Waals surface area contributed by atoms with Crippen LogP contribution in [0, 0.1) is 11.8 Å². The van der Waals surface area contributed by atoms with Crippen molar-refractivity contribution in [1.29, 1.82) is 0 Å². The highest BCUT2D eigenvalue weighted by atomic mass is 35.5. The number of rotatable bonds is 9. The lowest BCUT2D eigenvalue weighted by Crippen LogP contribution is -2.51. The van der Waals surface area contributed by atoms with Crippen molar-refractivity contribution in [2.45, 2.75) is 12.2 Å². The van der Waals surface area contributed by atoms with Crippen LogP contribution in [0.15, 0.2) is 54.7 Å². The minimum atomic E-state index is -0.984. The number of halogens is 1. The number of thioether (sulfide) groups is 2.